The van der Waals surface area contributed by atoms with Crippen LogP contribution in [0.15, 0.2) is 18.6 Å². The van der Waals surface area contributed by atoms with Gasteiger partial charge in [0.2, 0.25) is 0 Å². The molecule has 0 fully saturated rings. The van der Waals surface area contributed by atoms with E-state index in [1.54, 1.807) is 0 Å². The number of anilines is 1. The predicted octanol–water partition coefficient (Wildman–Crippen LogP) is 2.52. The number of aryl methyl sites for hydroxylation is 1. The van der Waals surface area contributed by atoms with Gasteiger partial charge in [0, 0.05) is 19.8 Å². The lowest BCUT2D eigenvalue weighted by Crippen LogP contribution is -2.05. The summed E-state index contributed by atoms with van der Waals surface area (Å²) in [6.07, 6.45) is 4.81. The first-order valence-corrected chi connectivity index (χ1v) is 7.06. The second kappa shape index (κ2) is 5.91. The molecule has 17 heavy (non-hydrogen) atoms. The summed E-state index contributed by atoms with van der Waals surface area (Å²) in [7, 11) is 2.00. The van der Waals surface area contributed by atoms with Gasteiger partial charge in [0.1, 0.15) is 5.52 Å². The molecule has 0 bridgehead atoms. The summed E-state index contributed by atoms with van der Waals surface area (Å²) in [5.41, 5.74) is 2.07. The fourth-order valence-corrected chi connectivity index (χ4v) is 2.35. The average Bonchev–Trinajstić information content (AvgIpc) is 2.72. The van der Waals surface area contributed by atoms with E-state index in [4.69, 9.17) is 0 Å². The van der Waals surface area contributed by atoms with Crippen LogP contribution in [0.4, 0.5) is 5.82 Å². The van der Waals surface area contributed by atoms with Crippen molar-refractivity contribution in [3.05, 3.63) is 18.6 Å². The molecule has 0 aliphatic heterocycles. The zero-order chi connectivity index (χ0) is 12.1. The molecule has 4 nitrogen and oxygen atoms in total. The van der Waals surface area contributed by atoms with Gasteiger partial charge in [-0.3, -0.25) is 0 Å². The van der Waals surface area contributed by atoms with E-state index in [9.17, 15) is 0 Å². The van der Waals surface area contributed by atoms with Gasteiger partial charge in [0.05, 0.1) is 11.8 Å². The first kappa shape index (κ1) is 12.2. The third-order valence-electron chi connectivity index (χ3n) is 2.61. The molecule has 0 atom stereocenters. The number of rotatable bonds is 6. The van der Waals surface area contributed by atoms with Crippen LogP contribution < -0.4 is 5.32 Å². The van der Waals surface area contributed by atoms with Crippen LogP contribution in [0.3, 0.4) is 0 Å². The van der Waals surface area contributed by atoms with Crippen molar-refractivity contribution in [1.82, 2.24) is 14.5 Å². The minimum Gasteiger partial charge on any atom is -0.368 e. The first-order chi connectivity index (χ1) is 8.33. The molecule has 2 aromatic heterocycles. The van der Waals surface area contributed by atoms with Crippen LogP contribution in [-0.2, 0) is 7.05 Å². The lowest BCUT2D eigenvalue weighted by Gasteiger charge is -2.05. The molecule has 0 saturated heterocycles. The van der Waals surface area contributed by atoms with Crippen molar-refractivity contribution in [2.24, 2.45) is 7.05 Å². The fraction of sp³-hybridized carbons (Fsp3) is 0.500. The minimum absolute atomic E-state index is 0.893. The number of fused-ring (bicyclic) bond motifs is 1. The summed E-state index contributed by atoms with van der Waals surface area (Å²) < 4.78 is 2.01. The summed E-state index contributed by atoms with van der Waals surface area (Å²) in [5.74, 6) is 3.28. The summed E-state index contributed by atoms with van der Waals surface area (Å²) in [6.45, 7) is 3.14. The molecule has 2 rings (SSSR count). The van der Waals surface area contributed by atoms with Crippen molar-refractivity contribution in [3.63, 3.8) is 0 Å². The van der Waals surface area contributed by atoms with Crippen LogP contribution in [0.25, 0.3) is 11.0 Å². The monoisotopic (exact) mass is 250 g/mol. The Balaban J connectivity index is 1.99. The standard InChI is InChI=1S/C12H18N4S/c1-3-17-8-4-6-13-12-11-10(5-7-14-12)16(2)9-15-11/h5,7,9H,3-4,6,8H2,1-2H3,(H,13,14). The Bertz CT molecular complexity index is 480. The maximum atomic E-state index is 4.37. The predicted molar refractivity (Wildman–Crippen MR) is 74.6 cm³/mol. The molecule has 5 heteroatoms. The zero-order valence-electron chi connectivity index (χ0n) is 10.3. The number of pyridine rings is 1. The van der Waals surface area contributed by atoms with Crippen LogP contribution in [0, 0.1) is 0 Å². The van der Waals surface area contributed by atoms with E-state index in [1.165, 1.54) is 11.5 Å². The number of aromatic nitrogens is 3. The third-order valence-corrected chi connectivity index (χ3v) is 3.59. The van der Waals surface area contributed by atoms with Crippen LogP contribution in [0.1, 0.15) is 13.3 Å². The molecule has 0 amide bonds. The highest BCUT2D eigenvalue weighted by molar-refractivity contribution is 7.99. The topological polar surface area (TPSA) is 42.7 Å². The van der Waals surface area contributed by atoms with Gasteiger partial charge < -0.3 is 9.88 Å². The van der Waals surface area contributed by atoms with E-state index in [0.29, 0.717) is 0 Å². The van der Waals surface area contributed by atoms with E-state index < -0.39 is 0 Å². The molecule has 0 radical (unpaired) electrons. The van der Waals surface area contributed by atoms with Gasteiger partial charge in [0.15, 0.2) is 5.82 Å². The van der Waals surface area contributed by atoms with E-state index in [-0.39, 0.29) is 0 Å². The van der Waals surface area contributed by atoms with Crippen LogP contribution in [0.2, 0.25) is 0 Å². The van der Waals surface area contributed by atoms with Gasteiger partial charge in [0.25, 0.3) is 0 Å². The lowest BCUT2D eigenvalue weighted by molar-refractivity contribution is 0.947. The van der Waals surface area contributed by atoms with Crippen molar-refractivity contribution in [2.75, 3.05) is 23.4 Å². The second-order valence-electron chi connectivity index (χ2n) is 3.86. The number of hydrogen-bond donors (Lipinski definition) is 1. The fourth-order valence-electron chi connectivity index (χ4n) is 1.72. The first-order valence-electron chi connectivity index (χ1n) is 5.90. The largest absolute Gasteiger partial charge is 0.368 e. The summed E-state index contributed by atoms with van der Waals surface area (Å²) in [5, 5.41) is 3.36. The van der Waals surface area contributed by atoms with Gasteiger partial charge >= 0.3 is 0 Å². The Kier molecular flexibility index (Phi) is 4.25. The Morgan fingerprint density at radius 3 is 3.12 bits per heavy atom. The van der Waals surface area contributed by atoms with Crippen molar-refractivity contribution in [3.8, 4) is 0 Å². The molecule has 0 aliphatic carbocycles. The number of nitrogens with zero attached hydrogens (tertiary/aromatic N) is 3. The van der Waals surface area contributed by atoms with Crippen molar-refractivity contribution in [1.29, 1.82) is 0 Å². The normalized spacial score (nSPS) is 10.9. The molecule has 0 aliphatic rings. The number of thioether (sulfide) groups is 1. The molecular weight excluding hydrogens is 232 g/mol. The Morgan fingerprint density at radius 2 is 2.29 bits per heavy atom. The molecular formula is C12H18N4S. The molecule has 92 valence electrons. The van der Waals surface area contributed by atoms with Crippen molar-refractivity contribution >= 4 is 28.6 Å². The minimum atomic E-state index is 0.893. The Labute approximate surface area is 106 Å². The number of hydrogen-bond acceptors (Lipinski definition) is 4. The van der Waals surface area contributed by atoms with Gasteiger partial charge in [-0.1, -0.05) is 6.92 Å². The third kappa shape index (κ3) is 2.91. The van der Waals surface area contributed by atoms with E-state index >= 15 is 0 Å². The molecule has 2 heterocycles. The van der Waals surface area contributed by atoms with E-state index in [0.717, 1.165) is 29.8 Å². The Morgan fingerprint density at radius 1 is 1.41 bits per heavy atom. The molecule has 0 spiro atoms. The quantitative estimate of drug-likeness (QED) is 0.800. The Hall–Kier alpha value is -1.23. The maximum Gasteiger partial charge on any atom is 0.154 e. The summed E-state index contributed by atoms with van der Waals surface area (Å²) >= 11 is 1.97. The SMILES string of the molecule is CCSCCCNc1nccc2c1ncn2C. The molecule has 1 N–H and O–H groups in total. The lowest BCUT2D eigenvalue weighted by atomic mass is 10.3. The average molecular weight is 250 g/mol. The van der Waals surface area contributed by atoms with Crippen molar-refractivity contribution < 1.29 is 0 Å². The smallest absolute Gasteiger partial charge is 0.154 e. The molecule has 0 aromatic carbocycles. The summed E-state index contributed by atoms with van der Waals surface area (Å²) in [4.78, 5) is 8.71. The maximum absolute atomic E-state index is 4.37. The van der Waals surface area contributed by atoms with Gasteiger partial charge in [-0.15, -0.1) is 0 Å². The number of nitrogens with one attached hydrogen (secondary N) is 1. The summed E-state index contributed by atoms with van der Waals surface area (Å²) in [6, 6.07) is 1.99. The van der Waals surface area contributed by atoms with Crippen molar-refractivity contribution in [2.45, 2.75) is 13.3 Å². The van der Waals surface area contributed by atoms with E-state index in [1.807, 2.05) is 42.0 Å². The van der Waals surface area contributed by atoms with Gasteiger partial charge in [-0.2, -0.15) is 11.8 Å². The number of imidazole rings is 1. The second-order valence-corrected chi connectivity index (χ2v) is 5.25. The molecule has 0 saturated carbocycles. The molecule has 0 unspecified atom stereocenters. The van der Waals surface area contributed by atoms with Crippen LogP contribution >= 0.6 is 11.8 Å². The zero-order valence-corrected chi connectivity index (χ0v) is 11.1. The van der Waals surface area contributed by atoms with Gasteiger partial charge in [-0.25, -0.2) is 9.97 Å². The highest BCUT2D eigenvalue weighted by atomic mass is 32.2. The highest BCUT2D eigenvalue weighted by Crippen LogP contribution is 2.18. The van der Waals surface area contributed by atoms with E-state index in [2.05, 4.69) is 22.2 Å². The highest BCUT2D eigenvalue weighted by Gasteiger charge is 2.05. The molecule has 2 aromatic rings. The van der Waals surface area contributed by atoms with Crippen LogP contribution in [0.5, 0.6) is 0 Å². The van der Waals surface area contributed by atoms with Gasteiger partial charge in [-0.05, 0) is 24.0 Å². The van der Waals surface area contributed by atoms with Crippen LogP contribution in [-0.4, -0.2) is 32.6 Å².